The lowest BCUT2D eigenvalue weighted by atomic mass is 10.1. The lowest BCUT2D eigenvalue weighted by molar-refractivity contribution is -0.115. The molecule has 0 heterocycles. The number of amides is 2. The summed E-state index contributed by atoms with van der Waals surface area (Å²) in [5.41, 5.74) is 2.97. The standard InChI is InChI=1S/C16H23N3O6/c1-3-13(22)18-11-6-4-10(5-7-11)16(25)19-17-8-12(21)15(24)14(23)9(2)20/h4-9,12,14-15,20-21,23-24H,3H2,1-2H3,(H,18,22)(H,19,25)/b17-8-/t9-,12+,14-,15-/m1/s1. The highest BCUT2D eigenvalue weighted by atomic mass is 16.4. The van der Waals surface area contributed by atoms with E-state index >= 15 is 0 Å². The first-order chi connectivity index (χ1) is 11.8. The Hall–Kier alpha value is -2.33. The molecular formula is C16H23N3O6. The van der Waals surface area contributed by atoms with Gasteiger partial charge in [0.15, 0.2) is 0 Å². The molecule has 4 atom stereocenters. The van der Waals surface area contributed by atoms with Crippen LogP contribution in [0, 0.1) is 0 Å². The van der Waals surface area contributed by atoms with Gasteiger partial charge >= 0.3 is 0 Å². The van der Waals surface area contributed by atoms with Crippen LogP contribution in [0.4, 0.5) is 5.69 Å². The number of aliphatic hydroxyl groups excluding tert-OH is 4. The molecule has 9 nitrogen and oxygen atoms in total. The van der Waals surface area contributed by atoms with Crippen LogP contribution in [0.25, 0.3) is 0 Å². The van der Waals surface area contributed by atoms with Crippen LogP contribution in [0.5, 0.6) is 0 Å². The molecule has 9 heteroatoms. The van der Waals surface area contributed by atoms with Gasteiger partial charge in [-0.2, -0.15) is 5.10 Å². The molecule has 0 radical (unpaired) electrons. The highest BCUT2D eigenvalue weighted by molar-refractivity contribution is 5.95. The van der Waals surface area contributed by atoms with Crippen LogP contribution >= 0.6 is 0 Å². The molecule has 2 amide bonds. The van der Waals surface area contributed by atoms with Gasteiger partial charge in [0.05, 0.1) is 12.3 Å². The number of rotatable bonds is 8. The molecule has 0 spiro atoms. The van der Waals surface area contributed by atoms with Crippen molar-refractivity contribution in [1.29, 1.82) is 0 Å². The largest absolute Gasteiger partial charge is 0.391 e. The number of hydrogen-bond acceptors (Lipinski definition) is 7. The number of hydrogen-bond donors (Lipinski definition) is 6. The number of nitrogens with zero attached hydrogens (tertiary/aromatic N) is 1. The minimum Gasteiger partial charge on any atom is -0.391 e. The van der Waals surface area contributed by atoms with Gasteiger partial charge in [-0.25, -0.2) is 5.43 Å². The van der Waals surface area contributed by atoms with Crippen molar-refractivity contribution in [3.63, 3.8) is 0 Å². The van der Waals surface area contributed by atoms with Crippen molar-refractivity contribution < 1.29 is 30.0 Å². The molecular weight excluding hydrogens is 330 g/mol. The Morgan fingerprint density at radius 2 is 1.72 bits per heavy atom. The average molecular weight is 353 g/mol. The van der Waals surface area contributed by atoms with E-state index in [-0.39, 0.29) is 11.5 Å². The van der Waals surface area contributed by atoms with Crippen LogP contribution in [0.1, 0.15) is 30.6 Å². The minimum absolute atomic E-state index is 0.145. The molecule has 0 aliphatic carbocycles. The normalized spacial score (nSPS) is 16.1. The molecule has 1 rings (SSSR count). The van der Waals surface area contributed by atoms with Crippen LogP contribution < -0.4 is 10.7 Å². The Morgan fingerprint density at radius 1 is 1.12 bits per heavy atom. The number of nitrogens with one attached hydrogen (secondary N) is 2. The molecule has 1 aromatic carbocycles. The summed E-state index contributed by atoms with van der Waals surface area (Å²) in [6, 6.07) is 6.09. The molecule has 0 unspecified atom stereocenters. The molecule has 1 aromatic rings. The highest BCUT2D eigenvalue weighted by Crippen LogP contribution is 2.10. The summed E-state index contributed by atoms with van der Waals surface area (Å²) in [5, 5.41) is 43.9. The fraction of sp³-hybridized carbons (Fsp3) is 0.438. The van der Waals surface area contributed by atoms with E-state index in [1.165, 1.54) is 19.1 Å². The lowest BCUT2D eigenvalue weighted by Crippen LogP contribution is -2.44. The zero-order valence-corrected chi connectivity index (χ0v) is 14.0. The van der Waals surface area contributed by atoms with Crippen molar-refractivity contribution >= 4 is 23.7 Å². The van der Waals surface area contributed by atoms with Crippen molar-refractivity contribution in [3.8, 4) is 0 Å². The zero-order valence-electron chi connectivity index (χ0n) is 14.0. The first-order valence-corrected chi connectivity index (χ1v) is 7.72. The van der Waals surface area contributed by atoms with Gasteiger partial charge in [-0.05, 0) is 31.2 Å². The predicted octanol–water partition coefficient (Wildman–Crippen LogP) is -0.786. The SMILES string of the molecule is CCC(=O)Nc1ccc(C(=O)N/N=C\[C@H](O)[C@@H](O)[C@H](O)[C@@H](C)O)cc1. The Balaban J connectivity index is 2.57. The Bertz CT molecular complexity index is 602. The monoisotopic (exact) mass is 353 g/mol. The van der Waals surface area contributed by atoms with Gasteiger partial charge in [-0.15, -0.1) is 0 Å². The van der Waals surface area contributed by atoms with Crippen molar-refractivity contribution in [2.24, 2.45) is 5.10 Å². The van der Waals surface area contributed by atoms with Crippen molar-refractivity contribution in [2.75, 3.05) is 5.32 Å². The zero-order chi connectivity index (χ0) is 19.0. The van der Waals surface area contributed by atoms with Crippen LogP contribution in [-0.2, 0) is 4.79 Å². The fourth-order valence-electron chi connectivity index (χ4n) is 1.77. The highest BCUT2D eigenvalue weighted by Gasteiger charge is 2.27. The second-order valence-electron chi connectivity index (χ2n) is 5.41. The third kappa shape index (κ3) is 6.59. The van der Waals surface area contributed by atoms with Gasteiger partial charge < -0.3 is 25.7 Å². The van der Waals surface area contributed by atoms with E-state index in [0.29, 0.717) is 12.1 Å². The number of benzene rings is 1. The van der Waals surface area contributed by atoms with Gasteiger partial charge in [-0.1, -0.05) is 6.92 Å². The second-order valence-corrected chi connectivity index (χ2v) is 5.41. The molecule has 0 saturated heterocycles. The van der Waals surface area contributed by atoms with Crippen LogP contribution in [0.3, 0.4) is 0 Å². The molecule has 0 bridgehead atoms. The number of anilines is 1. The summed E-state index contributed by atoms with van der Waals surface area (Å²) >= 11 is 0. The summed E-state index contributed by atoms with van der Waals surface area (Å²) in [4.78, 5) is 23.1. The van der Waals surface area contributed by atoms with Crippen LogP contribution in [-0.4, -0.2) is 62.9 Å². The Kier molecular flexibility index (Phi) is 8.16. The van der Waals surface area contributed by atoms with E-state index in [1.807, 2.05) is 0 Å². The van der Waals surface area contributed by atoms with E-state index in [0.717, 1.165) is 6.21 Å². The average Bonchev–Trinajstić information content (AvgIpc) is 2.60. The van der Waals surface area contributed by atoms with Crippen molar-refractivity contribution in [2.45, 2.75) is 44.7 Å². The van der Waals surface area contributed by atoms with Gasteiger partial charge in [-0.3, -0.25) is 9.59 Å². The maximum absolute atomic E-state index is 11.9. The van der Waals surface area contributed by atoms with Crippen LogP contribution in [0.2, 0.25) is 0 Å². The summed E-state index contributed by atoms with van der Waals surface area (Å²) in [5.74, 6) is -0.712. The lowest BCUT2D eigenvalue weighted by Gasteiger charge is -2.22. The van der Waals surface area contributed by atoms with Gasteiger partial charge in [0, 0.05) is 17.7 Å². The Labute approximate surface area is 145 Å². The van der Waals surface area contributed by atoms with Crippen molar-refractivity contribution in [1.82, 2.24) is 5.43 Å². The number of carbonyl (C=O) groups is 2. The molecule has 0 aromatic heterocycles. The number of aliphatic hydroxyl groups is 4. The van der Waals surface area contributed by atoms with E-state index in [4.69, 9.17) is 5.11 Å². The third-order valence-electron chi connectivity index (χ3n) is 3.34. The van der Waals surface area contributed by atoms with E-state index in [1.54, 1.807) is 19.1 Å². The first-order valence-electron chi connectivity index (χ1n) is 7.72. The smallest absolute Gasteiger partial charge is 0.271 e. The molecule has 0 aliphatic heterocycles. The van der Waals surface area contributed by atoms with Gasteiger partial charge in [0.25, 0.3) is 5.91 Å². The summed E-state index contributed by atoms with van der Waals surface area (Å²) in [6.07, 6.45) is -4.83. The quantitative estimate of drug-likeness (QED) is 0.266. The number of carbonyl (C=O) groups excluding carboxylic acids is 2. The number of hydrazone groups is 1. The van der Waals surface area contributed by atoms with E-state index in [2.05, 4.69) is 15.8 Å². The minimum atomic E-state index is -1.65. The predicted molar refractivity (Wildman–Crippen MR) is 91.0 cm³/mol. The Morgan fingerprint density at radius 3 is 2.24 bits per heavy atom. The van der Waals surface area contributed by atoms with E-state index < -0.39 is 30.3 Å². The van der Waals surface area contributed by atoms with Crippen molar-refractivity contribution in [3.05, 3.63) is 29.8 Å². The van der Waals surface area contributed by atoms with E-state index in [9.17, 15) is 24.9 Å². The fourth-order valence-corrected chi connectivity index (χ4v) is 1.77. The molecule has 138 valence electrons. The maximum Gasteiger partial charge on any atom is 0.271 e. The molecule has 0 aliphatic rings. The summed E-state index contributed by atoms with van der Waals surface area (Å²) in [7, 11) is 0. The molecule has 0 saturated carbocycles. The molecule has 25 heavy (non-hydrogen) atoms. The second kappa shape index (κ2) is 9.84. The molecule has 6 N–H and O–H groups in total. The van der Waals surface area contributed by atoms with Crippen LogP contribution in [0.15, 0.2) is 29.4 Å². The maximum atomic E-state index is 11.9. The molecule has 0 fully saturated rings. The van der Waals surface area contributed by atoms with Gasteiger partial charge in [0.2, 0.25) is 5.91 Å². The summed E-state index contributed by atoms with van der Waals surface area (Å²) < 4.78 is 0. The summed E-state index contributed by atoms with van der Waals surface area (Å²) in [6.45, 7) is 2.98. The van der Waals surface area contributed by atoms with Gasteiger partial charge in [0.1, 0.15) is 18.3 Å². The third-order valence-corrected chi connectivity index (χ3v) is 3.34. The first kappa shape index (κ1) is 20.7. The topological polar surface area (TPSA) is 151 Å².